The Morgan fingerprint density at radius 3 is 2.56 bits per heavy atom. The van der Waals surface area contributed by atoms with Crippen LogP contribution in [0.2, 0.25) is 0 Å². The van der Waals surface area contributed by atoms with E-state index in [9.17, 15) is 4.79 Å². The molecular formula is C14H23N3O. The van der Waals surface area contributed by atoms with Crippen molar-refractivity contribution in [3.63, 3.8) is 0 Å². The summed E-state index contributed by atoms with van der Waals surface area (Å²) in [7, 11) is 0. The molecule has 4 heteroatoms. The summed E-state index contributed by atoms with van der Waals surface area (Å²) in [6.45, 7) is 6.57. The first-order valence-corrected chi connectivity index (χ1v) is 6.38. The third-order valence-corrected chi connectivity index (χ3v) is 3.51. The van der Waals surface area contributed by atoms with E-state index in [2.05, 4.69) is 24.1 Å². The van der Waals surface area contributed by atoms with Gasteiger partial charge in [-0.15, -0.1) is 0 Å². The molecular weight excluding hydrogens is 226 g/mol. The Morgan fingerprint density at radius 1 is 1.44 bits per heavy atom. The number of amides is 1. The molecule has 3 N–H and O–H groups in total. The van der Waals surface area contributed by atoms with Gasteiger partial charge < -0.3 is 11.1 Å². The molecule has 1 aromatic rings. The largest absolute Gasteiger partial charge is 0.349 e. The first-order chi connectivity index (χ1) is 8.48. The Labute approximate surface area is 109 Å². The summed E-state index contributed by atoms with van der Waals surface area (Å²) in [5, 5.41) is 3.03. The first kappa shape index (κ1) is 14.6. The minimum Gasteiger partial charge on any atom is -0.349 e. The van der Waals surface area contributed by atoms with Crippen molar-refractivity contribution in [3.05, 3.63) is 30.1 Å². The van der Waals surface area contributed by atoms with Crippen LogP contribution in [0.15, 0.2) is 24.5 Å². The Bertz CT molecular complexity index is 378. The lowest BCUT2D eigenvalue weighted by Crippen LogP contribution is -2.55. The van der Waals surface area contributed by atoms with Gasteiger partial charge in [0.2, 0.25) is 5.91 Å². The fraction of sp³-hybridized carbons (Fsp3) is 0.571. The molecule has 0 aliphatic heterocycles. The fourth-order valence-corrected chi connectivity index (χ4v) is 1.62. The normalized spacial score (nSPS) is 14.3. The van der Waals surface area contributed by atoms with Gasteiger partial charge in [-0.2, -0.15) is 0 Å². The predicted octanol–water partition coefficient (Wildman–Crippen LogP) is 1.50. The molecule has 0 aromatic carbocycles. The van der Waals surface area contributed by atoms with Crippen LogP contribution in [-0.2, 0) is 11.2 Å². The predicted molar refractivity (Wildman–Crippen MR) is 73.0 cm³/mol. The molecule has 1 aromatic heterocycles. The van der Waals surface area contributed by atoms with Crippen LogP contribution in [0.1, 0.15) is 32.8 Å². The zero-order chi connectivity index (χ0) is 13.6. The molecule has 1 amide bonds. The number of aryl methyl sites for hydroxylation is 1. The Balaban J connectivity index is 2.47. The number of aromatic nitrogens is 1. The van der Waals surface area contributed by atoms with E-state index in [4.69, 9.17) is 5.73 Å². The highest BCUT2D eigenvalue weighted by atomic mass is 16.1. The van der Waals surface area contributed by atoms with E-state index in [1.54, 1.807) is 12.4 Å². The Hall–Kier alpha value is -1.42. The van der Waals surface area contributed by atoms with E-state index in [1.165, 1.54) is 0 Å². The number of nitrogens with zero attached hydrogens (tertiary/aromatic N) is 1. The second kappa shape index (κ2) is 6.50. The highest BCUT2D eigenvalue weighted by molar-refractivity contribution is 5.77. The molecule has 100 valence electrons. The number of hydrogen-bond donors (Lipinski definition) is 2. The Morgan fingerprint density at radius 2 is 2.06 bits per heavy atom. The molecule has 0 saturated heterocycles. The molecule has 1 unspecified atom stereocenters. The van der Waals surface area contributed by atoms with Crippen molar-refractivity contribution in [1.82, 2.24) is 10.3 Å². The minimum atomic E-state index is -0.324. The second-order valence-electron chi connectivity index (χ2n) is 5.18. The second-order valence-corrected chi connectivity index (χ2v) is 5.18. The van der Waals surface area contributed by atoms with E-state index >= 15 is 0 Å². The molecule has 0 saturated carbocycles. The summed E-state index contributed by atoms with van der Waals surface area (Å²) >= 11 is 0. The van der Waals surface area contributed by atoms with E-state index in [-0.39, 0.29) is 11.4 Å². The zero-order valence-electron chi connectivity index (χ0n) is 11.4. The maximum absolute atomic E-state index is 11.9. The van der Waals surface area contributed by atoms with E-state index in [0.717, 1.165) is 12.0 Å². The highest BCUT2D eigenvalue weighted by Gasteiger charge is 2.28. The minimum absolute atomic E-state index is 0.0495. The lowest BCUT2D eigenvalue weighted by Gasteiger charge is -2.33. The van der Waals surface area contributed by atoms with Crippen LogP contribution in [0, 0.1) is 5.92 Å². The van der Waals surface area contributed by atoms with Gasteiger partial charge in [-0.05, 0) is 37.0 Å². The first-order valence-electron chi connectivity index (χ1n) is 6.38. The van der Waals surface area contributed by atoms with Gasteiger partial charge in [-0.1, -0.05) is 13.8 Å². The number of nitrogens with two attached hydrogens (primary N) is 1. The summed E-state index contributed by atoms with van der Waals surface area (Å²) in [6, 6.07) is 3.86. The molecule has 0 aliphatic carbocycles. The smallest absolute Gasteiger partial charge is 0.220 e. The van der Waals surface area contributed by atoms with Gasteiger partial charge in [-0.25, -0.2) is 0 Å². The van der Waals surface area contributed by atoms with Gasteiger partial charge in [0.05, 0.1) is 5.54 Å². The van der Waals surface area contributed by atoms with Gasteiger partial charge in [0.25, 0.3) is 0 Å². The monoisotopic (exact) mass is 249 g/mol. The van der Waals surface area contributed by atoms with E-state index < -0.39 is 0 Å². The molecule has 0 bridgehead atoms. The maximum Gasteiger partial charge on any atom is 0.220 e. The zero-order valence-corrected chi connectivity index (χ0v) is 11.4. The highest BCUT2D eigenvalue weighted by Crippen LogP contribution is 2.15. The lowest BCUT2D eigenvalue weighted by molar-refractivity contribution is -0.123. The molecule has 0 radical (unpaired) electrons. The van der Waals surface area contributed by atoms with Gasteiger partial charge in [0.1, 0.15) is 0 Å². The van der Waals surface area contributed by atoms with E-state index in [0.29, 0.717) is 18.9 Å². The number of carbonyl (C=O) groups is 1. The van der Waals surface area contributed by atoms with Crippen molar-refractivity contribution < 1.29 is 4.79 Å². The lowest BCUT2D eigenvalue weighted by atomic mass is 9.88. The molecule has 1 atom stereocenters. The average molecular weight is 249 g/mol. The van der Waals surface area contributed by atoms with Crippen molar-refractivity contribution in [2.24, 2.45) is 11.7 Å². The van der Waals surface area contributed by atoms with Crippen LogP contribution < -0.4 is 11.1 Å². The molecule has 1 rings (SSSR count). The van der Waals surface area contributed by atoms with Crippen LogP contribution >= 0.6 is 0 Å². The molecule has 0 aliphatic rings. The third-order valence-electron chi connectivity index (χ3n) is 3.51. The maximum atomic E-state index is 11.9. The summed E-state index contributed by atoms with van der Waals surface area (Å²) in [5.74, 6) is 0.362. The van der Waals surface area contributed by atoms with Crippen LogP contribution in [-0.4, -0.2) is 23.0 Å². The SMILES string of the molecule is CC(C)C(C)(CN)NC(=O)CCc1ccncc1. The van der Waals surface area contributed by atoms with Gasteiger partial charge in [0, 0.05) is 25.4 Å². The average Bonchev–Trinajstić information content (AvgIpc) is 2.37. The van der Waals surface area contributed by atoms with Crippen LogP contribution in [0.5, 0.6) is 0 Å². The number of carbonyl (C=O) groups excluding carboxylic acids is 1. The molecule has 18 heavy (non-hydrogen) atoms. The van der Waals surface area contributed by atoms with Crippen molar-refractivity contribution >= 4 is 5.91 Å². The van der Waals surface area contributed by atoms with Crippen molar-refractivity contribution in [2.75, 3.05) is 6.54 Å². The van der Waals surface area contributed by atoms with Gasteiger partial charge in [-0.3, -0.25) is 9.78 Å². The van der Waals surface area contributed by atoms with Crippen molar-refractivity contribution in [1.29, 1.82) is 0 Å². The summed E-state index contributed by atoms with van der Waals surface area (Å²) in [4.78, 5) is 15.9. The number of nitrogens with one attached hydrogen (secondary N) is 1. The van der Waals surface area contributed by atoms with Crippen molar-refractivity contribution in [2.45, 2.75) is 39.2 Å². The van der Waals surface area contributed by atoms with Gasteiger partial charge in [0.15, 0.2) is 0 Å². The fourth-order valence-electron chi connectivity index (χ4n) is 1.62. The van der Waals surface area contributed by atoms with E-state index in [1.807, 2.05) is 19.1 Å². The molecule has 0 spiro atoms. The summed E-state index contributed by atoms with van der Waals surface area (Å²) in [5.41, 5.74) is 6.54. The summed E-state index contributed by atoms with van der Waals surface area (Å²) in [6.07, 6.45) is 4.69. The number of pyridine rings is 1. The standard InChI is InChI=1S/C14H23N3O/c1-11(2)14(3,10-15)17-13(18)5-4-12-6-8-16-9-7-12/h6-9,11H,4-5,10,15H2,1-3H3,(H,17,18). The van der Waals surface area contributed by atoms with Crippen molar-refractivity contribution in [3.8, 4) is 0 Å². The Kier molecular flexibility index (Phi) is 5.28. The molecule has 1 heterocycles. The third kappa shape index (κ3) is 4.11. The van der Waals surface area contributed by atoms with Crippen LogP contribution in [0.25, 0.3) is 0 Å². The summed E-state index contributed by atoms with van der Waals surface area (Å²) < 4.78 is 0. The topological polar surface area (TPSA) is 68.0 Å². The number of rotatable bonds is 6. The van der Waals surface area contributed by atoms with Crippen LogP contribution in [0.4, 0.5) is 0 Å². The molecule has 0 fully saturated rings. The quantitative estimate of drug-likeness (QED) is 0.803. The van der Waals surface area contributed by atoms with Crippen LogP contribution in [0.3, 0.4) is 0 Å². The molecule has 4 nitrogen and oxygen atoms in total. The van der Waals surface area contributed by atoms with Gasteiger partial charge >= 0.3 is 0 Å². The number of hydrogen-bond acceptors (Lipinski definition) is 3.